The number of nitrogens with two attached hydrogens (primary N) is 1. The molecule has 1 aliphatic rings. The molecule has 5 rings (SSSR count). The maximum Gasteiger partial charge on any atom is 0.269 e. The number of rotatable bonds is 8. The van der Waals surface area contributed by atoms with E-state index in [4.69, 9.17) is 17.3 Å². The van der Waals surface area contributed by atoms with Gasteiger partial charge in [-0.1, -0.05) is 65.4 Å². The fraction of sp³-hybridized carbons (Fsp3) is 0.241. The monoisotopic (exact) mass is 607 g/mol. The second-order valence-electron chi connectivity index (χ2n) is 9.62. The zero-order valence-electron chi connectivity index (χ0n) is 22.8. The molecule has 216 valence electrons. The first-order valence-corrected chi connectivity index (χ1v) is 14.3. The van der Waals surface area contributed by atoms with E-state index in [2.05, 4.69) is 20.6 Å². The van der Waals surface area contributed by atoms with E-state index >= 15 is 0 Å². The van der Waals surface area contributed by atoms with Crippen LogP contribution in [0.1, 0.15) is 36.3 Å². The molecule has 0 saturated carbocycles. The zero-order valence-corrected chi connectivity index (χ0v) is 24.3. The molecular formula is C29H27ClFN7O3S. The fourth-order valence-corrected chi connectivity index (χ4v) is 6.00. The summed E-state index contributed by atoms with van der Waals surface area (Å²) in [6, 6.07) is 11.4. The summed E-state index contributed by atoms with van der Waals surface area (Å²) >= 11 is 7.35. The Bertz CT molecular complexity index is 1750. The van der Waals surface area contributed by atoms with E-state index in [1.807, 2.05) is 44.2 Å². The molecule has 4 aromatic rings. The summed E-state index contributed by atoms with van der Waals surface area (Å²) in [6.07, 6.45) is 4.22. The highest BCUT2D eigenvalue weighted by molar-refractivity contribution is 7.18. The van der Waals surface area contributed by atoms with Crippen LogP contribution >= 0.6 is 22.9 Å². The van der Waals surface area contributed by atoms with Crippen LogP contribution in [0.3, 0.4) is 0 Å². The molecule has 0 aliphatic carbocycles. The Morgan fingerprint density at radius 2 is 1.98 bits per heavy atom. The summed E-state index contributed by atoms with van der Waals surface area (Å²) in [5.41, 5.74) is 8.58. The van der Waals surface area contributed by atoms with Crippen LogP contribution in [0.4, 0.5) is 9.52 Å². The Kier molecular flexibility index (Phi) is 8.46. The number of carbonyl (C=O) groups excluding carboxylic acids is 3. The fourth-order valence-electron chi connectivity index (χ4n) is 4.93. The number of halogens is 2. The third kappa shape index (κ3) is 5.81. The van der Waals surface area contributed by atoms with Gasteiger partial charge in [-0.15, -0.1) is 10.2 Å². The van der Waals surface area contributed by atoms with E-state index < -0.39 is 29.9 Å². The molecule has 0 bridgehead atoms. The molecule has 1 fully saturated rings. The molecule has 10 nitrogen and oxygen atoms in total. The van der Waals surface area contributed by atoms with Gasteiger partial charge in [0.05, 0.1) is 17.1 Å². The summed E-state index contributed by atoms with van der Waals surface area (Å²) in [4.78, 5) is 40.0. The molecule has 0 unspecified atom stereocenters. The van der Waals surface area contributed by atoms with Crippen LogP contribution in [-0.2, 0) is 16.1 Å². The van der Waals surface area contributed by atoms with Gasteiger partial charge < -0.3 is 10.6 Å². The van der Waals surface area contributed by atoms with Crippen LogP contribution in [0, 0.1) is 0 Å². The number of anilines is 1. The summed E-state index contributed by atoms with van der Waals surface area (Å²) in [5, 5.41) is 16.7. The number of aromatic nitrogens is 4. The summed E-state index contributed by atoms with van der Waals surface area (Å²) in [5.74, 6) is -1.86. The number of carbonyl (C=O) groups is 3. The number of alkyl halides is 1. The van der Waals surface area contributed by atoms with Crippen molar-refractivity contribution in [2.75, 3.05) is 11.9 Å². The van der Waals surface area contributed by atoms with Crippen molar-refractivity contribution in [2.45, 2.75) is 39.0 Å². The van der Waals surface area contributed by atoms with Gasteiger partial charge in [0.15, 0.2) is 10.7 Å². The Labute approximate surface area is 249 Å². The number of nitrogens with zero attached hydrogens (tertiary/aromatic N) is 5. The van der Waals surface area contributed by atoms with E-state index in [1.165, 1.54) is 9.58 Å². The lowest BCUT2D eigenvalue weighted by Crippen LogP contribution is -2.44. The van der Waals surface area contributed by atoms with Crippen LogP contribution in [0.25, 0.3) is 27.0 Å². The number of likely N-dealkylation sites (tertiary alicyclic amines) is 1. The molecule has 3 heterocycles. The Hall–Kier alpha value is -4.42. The first-order valence-electron chi connectivity index (χ1n) is 13.1. The smallest absolute Gasteiger partial charge is 0.269 e. The molecule has 2 aromatic carbocycles. The number of nitrogens with one attached hydrogen (secondary N) is 1. The summed E-state index contributed by atoms with van der Waals surface area (Å²) in [6.45, 7) is 3.23. The first-order chi connectivity index (χ1) is 20.2. The average Bonchev–Trinajstić information content (AvgIpc) is 3.69. The molecule has 1 saturated heterocycles. The third-order valence-electron chi connectivity index (χ3n) is 6.89. The number of primary amides is 1. The van der Waals surface area contributed by atoms with Crippen molar-refractivity contribution in [3.63, 3.8) is 0 Å². The van der Waals surface area contributed by atoms with E-state index in [1.54, 1.807) is 30.3 Å². The molecule has 3 N–H and O–H groups in total. The van der Waals surface area contributed by atoms with E-state index in [0.717, 1.165) is 22.5 Å². The topological polar surface area (TPSA) is 136 Å². The van der Waals surface area contributed by atoms with E-state index in [0.29, 0.717) is 26.5 Å². The maximum absolute atomic E-state index is 14.6. The lowest BCUT2D eigenvalue weighted by atomic mass is 10.0. The molecule has 2 aromatic heterocycles. The summed E-state index contributed by atoms with van der Waals surface area (Å²) in [7, 11) is 0. The van der Waals surface area contributed by atoms with Crippen LogP contribution in [-0.4, -0.2) is 61.4 Å². The van der Waals surface area contributed by atoms with Crippen molar-refractivity contribution in [1.82, 2.24) is 24.9 Å². The van der Waals surface area contributed by atoms with Gasteiger partial charge >= 0.3 is 0 Å². The van der Waals surface area contributed by atoms with Gasteiger partial charge in [0.2, 0.25) is 16.9 Å². The Morgan fingerprint density at radius 3 is 2.69 bits per heavy atom. The molecule has 0 radical (unpaired) electrons. The van der Waals surface area contributed by atoms with Gasteiger partial charge in [-0.05, 0) is 43.2 Å². The van der Waals surface area contributed by atoms with Crippen molar-refractivity contribution < 1.29 is 18.8 Å². The van der Waals surface area contributed by atoms with Crippen molar-refractivity contribution in [2.24, 2.45) is 5.73 Å². The lowest BCUT2D eigenvalue weighted by Gasteiger charge is -2.23. The number of amides is 3. The number of hydrogen-bond acceptors (Lipinski definition) is 7. The van der Waals surface area contributed by atoms with Gasteiger partial charge in [0.1, 0.15) is 18.8 Å². The predicted octanol–water partition coefficient (Wildman–Crippen LogP) is 4.86. The van der Waals surface area contributed by atoms with Gasteiger partial charge in [-0.25, -0.2) is 4.39 Å². The number of allylic oxidation sites excluding steroid dienone is 4. The molecular weight excluding hydrogens is 581 g/mol. The number of benzene rings is 2. The quantitative estimate of drug-likeness (QED) is 0.274. The van der Waals surface area contributed by atoms with Crippen molar-refractivity contribution in [3.05, 3.63) is 77.0 Å². The van der Waals surface area contributed by atoms with Crippen LogP contribution in [0.15, 0.2) is 60.7 Å². The first kappa shape index (κ1) is 29.1. The molecule has 13 heteroatoms. The highest BCUT2D eigenvalue weighted by atomic mass is 35.5. The van der Waals surface area contributed by atoms with Crippen LogP contribution in [0.5, 0.6) is 0 Å². The third-order valence-corrected chi connectivity index (χ3v) is 8.09. The van der Waals surface area contributed by atoms with Crippen molar-refractivity contribution in [1.29, 1.82) is 0 Å². The molecule has 1 aliphatic heterocycles. The summed E-state index contributed by atoms with van der Waals surface area (Å²) < 4.78 is 15.9. The van der Waals surface area contributed by atoms with Crippen molar-refractivity contribution >= 4 is 62.3 Å². The highest BCUT2D eigenvalue weighted by Gasteiger charge is 2.40. The molecule has 2 atom stereocenters. The minimum Gasteiger partial charge on any atom is -0.364 e. The normalized spacial score (nSPS) is 17.3. The Balaban J connectivity index is 1.36. The van der Waals surface area contributed by atoms with Gasteiger partial charge in [-0.2, -0.15) is 5.10 Å². The van der Waals surface area contributed by atoms with Crippen LogP contribution in [0.2, 0.25) is 5.02 Å². The van der Waals surface area contributed by atoms with Crippen molar-refractivity contribution in [3.8, 4) is 10.6 Å². The SMILES string of the molecule is C/C=C\C(=C/C)c1ccc2c(c1)c(C(N)=O)nn2CC(=O)N1C[C@H](F)C[C@H]1C(=O)Nc1nnc(-c2ccccc2Cl)s1. The second kappa shape index (κ2) is 12.2. The largest absolute Gasteiger partial charge is 0.364 e. The minimum atomic E-state index is -1.39. The minimum absolute atomic E-state index is 0.0141. The van der Waals surface area contributed by atoms with E-state index in [9.17, 15) is 18.8 Å². The number of hydrogen-bond donors (Lipinski definition) is 2. The second-order valence-corrected chi connectivity index (χ2v) is 11.0. The number of fused-ring (bicyclic) bond motifs is 1. The van der Waals surface area contributed by atoms with Gasteiger partial charge in [-0.3, -0.25) is 24.4 Å². The average molecular weight is 608 g/mol. The van der Waals surface area contributed by atoms with Crippen LogP contribution < -0.4 is 11.1 Å². The Morgan fingerprint density at radius 1 is 1.19 bits per heavy atom. The van der Waals surface area contributed by atoms with Gasteiger partial charge in [0, 0.05) is 17.4 Å². The molecule has 42 heavy (non-hydrogen) atoms. The highest BCUT2D eigenvalue weighted by Crippen LogP contribution is 2.32. The zero-order chi connectivity index (χ0) is 30.0. The molecule has 0 spiro atoms. The van der Waals surface area contributed by atoms with Gasteiger partial charge in [0.25, 0.3) is 5.91 Å². The lowest BCUT2D eigenvalue weighted by molar-refractivity contribution is -0.137. The molecule has 3 amide bonds. The standard InChI is InChI=1S/C29H27ClFN7O3S/c1-3-7-16(4-2)17-10-11-22-20(12-17)25(26(32)40)36-38(22)15-24(39)37-14-18(31)13-23(37)27(41)33-29-35-34-28(42-29)19-8-5-6-9-21(19)30/h3-12,18,23H,13-15H2,1-2H3,(H2,32,40)(H,33,35,41)/b7-3-,16-4+/t18-,23+/m1/s1. The maximum atomic E-state index is 14.6. The predicted molar refractivity (Wildman–Crippen MR) is 161 cm³/mol. The van der Waals surface area contributed by atoms with E-state index in [-0.39, 0.29) is 30.3 Å².